The number of nitrogen functional groups attached to an aromatic ring is 2. The first-order valence-corrected chi connectivity index (χ1v) is 14.1. The minimum atomic E-state index is -0.585. The zero-order valence-electron chi connectivity index (χ0n) is 22.3. The maximum atomic E-state index is 11.4. The van der Waals surface area contributed by atoms with Crippen LogP contribution in [0.2, 0.25) is 0 Å². The van der Waals surface area contributed by atoms with Gasteiger partial charge < -0.3 is 31.2 Å². The maximum absolute atomic E-state index is 11.4. The number of anilines is 2. The molecule has 0 spiro atoms. The van der Waals surface area contributed by atoms with E-state index in [-0.39, 0.29) is 34.7 Å². The van der Waals surface area contributed by atoms with E-state index in [1.165, 1.54) is 6.42 Å². The van der Waals surface area contributed by atoms with Crippen LogP contribution in [0, 0.1) is 23.7 Å². The lowest BCUT2D eigenvalue weighted by Crippen LogP contribution is -2.56. The van der Waals surface area contributed by atoms with Crippen molar-refractivity contribution >= 4 is 11.4 Å². The third kappa shape index (κ3) is 3.77. The predicted octanol–water partition coefficient (Wildman–Crippen LogP) is 7.59. The highest BCUT2D eigenvalue weighted by atomic mass is 16.5. The van der Waals surface area contributed by atoms with Crippen LogP contribution in [0.4, 0.5) is 11.4 Å². The second kappa shape index (κ2) is 9.40. The fourth-order valence-electron chi connectivity index (χ4n) is 8.20. The molecule has 4 aliphatic rings. The van der Waals surface area contributed by atoms with Crippen molar-refractivity contribution in [1.82, 2.24) is 0 Å². The summed E-state index contributed by atoms with van der Waals surface area (Å²) in [6, 6.07) is 26.5. The molecule has 0 heterocycles. The molecule has 0 atom stereocenters. The molecule has 0 aliphatic heterocycles. The largest absolute Gasteiger partial charge is 0.503 e. The Labute approximate surface area is 234 Å². The minimum absolute atomic E-state index is 0.0697. The molecule has 40 heavy (non-hydrogen) atoms. The zero-order chi connectivity index (χ0) is 27.4. The van der Waals surface area contributed by atoms with Crippen LogP contribution in [0.5, 0.6) is 34.5 Å². The molecule has 204 valence electrons. The Morgan fingerprint density at radius 2 is 0.950 bits per heavy atom. The highest BCUT2D eigenvalue weighted by Crippen LogP contribution is 2.69. The molecule has 0 amide bonds. The molecule has 4 aromatic rings. The van der Waals surface area contributed by atoms with E-state index in [2.05, 4.69) is 0 Å². The Morgan fingerprint density at radius 1 is 0.550 bits per heavy atom. The minimum Gasteiger partial charge on any atom is -0.503 e. The first-order valence-electron chi connectivity index (χ1n) is 14.1. The van der Waals surface area contributed by atoms with Gasteiger partial charge in [0.2, 0.25) is 0 Å². The van der Waals surface area contributed by atoms with Gasteiger partial charge in [0.1, 0.15) is 11.5 Å². The number of nitrogens with two attached hydrogens (primary N) is 2. The molecule has 4 bridgehead atoms. The molecular formula is C34H34N2O4. The van der Waals surface area contributed by atoms with Gasteiger partial charge in [-0.3, -0.25) is 0 Å². The van der Waals surface area contributed by atoms with E-state index < -0.39 is 5.41 Å². The Kier molecular flexibility index (Phi) is 5.81. The average Bonchev–Trinajstić information content (AvgIpc) is 2.96. The number of aromatic hydroxyl groups is 2. The van der Waals surface area contributed by atoms with Crippen molar-refractivity contribution in [2.45, 2.75) is 37.5 Å². The molecule has 0 saturated heterocycles. The fourth-order valence-corrected chi connectivity index (χ4v) is 8.20. The van der Waals surface area contributed by atoms with E-state index in [0.29, 0.717) is 34.8 Å². The Bertz CT molecular complexity index is 1430. The second-order valence-electron chi connectivity index (χ2n) is 11.8. The van der Waals surface area contributed by atoms with Gasteiger partial charge in [0.25, 0.3) is 0 Å². The van der Waals surface area contributed by atoms with Crippen LogP contribution >= 0.6 is 0 Å². The summed E-state index contributed by atoms with van der Waals surface area (Å²) in [5.74, 6) is 3.71. The van der Waals surface area contributed by atoms with Crippen molar-refractivity contribution in [1.29, 1.82) is 0 Å². The van der Waals surface area contributed by atoms with Crippen molar-refractivity contribution in [2.75, 3.05) is 11.5 Å². The van der Waals surface area contributed by atoms with Gasteiger partial charge >= 0.3 is 0 Å². The highest BCUT2D eigenvalue weighted by molar-refractivity contribution is 5.71. The number of phenols is 2. The summed E-state index contributed by atoms with van der Waals surface area (Å²) in [4.78, 5) is 0. The van der Waals surface area contributed by atoms with Crippen LogP contribution in [0.15, 0.2) is 84.9 Å². The summed E-state index contributed by atoms with van der Waals surface area (Å²) in [7, 11) is 0. The lowest BCUT2D eigenvalue weighted by Gasteiger charge is -2.62. The molecule has 4 aromatic carbocycles. The summed E-state index contributed by atoms with van der Waals surface area (Å²) in [5, 5.41) is 22.8. The van der Waals surface area contributed by atoms with Crippen LogP contribution in [0.1, 0.15) is 43.2 Å². The van der Waals surface area contributed by atoms with Crippen LogP contribution in [-0.4, -0.2) is 10.2 Å². The van der Waals surface area contributed by atoms with Crippen LogP contribution in [0.25, 0.3) is 0 Å². The third-order valence-electron chi connectivity index (χ3n) is 9.57. The smallest absolute Gasteiger partial charge is 0.182 e. The van der Waals surface area contributed by atoms with E-state index >= 15 is 0 Å². The molecule has 0 radical (unpaired) electrons. The van der Waals surface area contributed by atoms with Crippen molar-refractivity contribution < 1.29 is 19.7 Å². The fraction of sp³-hybridized carbons (Fsp3) is 0.294. The molecule has 4 fully saturated rings. The van der Waals surface area contributed by atoms with Gasteiger partial charge in [0.15, 0.2) is 23.0 Å². The number of hydrogen-bond donors (Lipinski definition) is 4. The van der Waals surface area contributed by atoms with Gasteiger partial charge in [-0.15, -0.1) is 0 Å². The standard InChI is InChI=1S/C34H34N2O4/c35-28-13-11-26(32(30(28)37)39-24-7-3-1-4-8-24)34(22-16-20-15-21(18-22)19-23(34)17-20)27-12-14-29(36)31(38)33(27)40-25-9-5-2-6-10-25/h1-14,20-23,37-38H,15-19,35-36H2. The number of benzene rings is 4. The molecule has 0 unspecified atom stereocenters. The van der Waals surface area contributed by atoms with E-state index in [1.807, 2.05) is 72.8 Å². The van der Waals surface area contributed by atoms with Gasteiger partial charge in [-0.1, -0.05) is 48.5 Å². The number of para-hydroxylation sites is 2. The molecule has 6 heteroatoms. The number of hydrogen-bond acceptors (Lipinski definition) is 6. The first kappa shape index (κ1) is 24.7. The summed E-state index contributed by atoms with van der Waals surface area (Å²) in [6.07, 6.45) is 5.55. The number of ether oxygens (including phenoxy) is 2. The van der Waals surface area contributed by atoms with Crippen LogP contribution in [-0.2, 0) is 5.41 Å². The maximum Gasteiger partial charge on any atom is 0.182 e. The van der Waals surface area contributed by atoms with Crippen molar-refractivity contribution in [3.05, 3.63) is 96.1 Å². The topological polar surface area (TPSA) is 111 Å². The zero-order valence-corrected chi connectivity index (χ0v) is 22.3. The SMILES string of the molecule is Nc1ccc(C2(c3ccc(N)c(O)c3Oc3ccccc3)C3CC4CC(C3)CC2C4)c(Oc2ccccc2)c1O. The second-order valence-corrected chi connectivity index (χ2v) is 11.8. The lowest BCUT2D eigenvalue weighted by atomic mass is 9.42. The summed E-state index contributed by atoms with van der Waals surface area (Å²) >= 11 is 0. The van der Waals surface area contributed by atoms with Gasteiger partial charge in [0.05, 0.1) is 11.4 Å². The summed E-state index contributed by atoms with van der Waals surface area (Å²) < 4.78 is 13.0. The quantitative estimate of drug-likeness (QED) is 0.150. The van der Waals surface area contributed by atoms with Crippen molar-refractivity contribution in [3.63, 3.8) is 0 Å². The molecule has 4 saturated carbocycles. The van der Waals surface area contributed by atoms with E-state index in [1.54, 1.807) is 12.1 Å². The van der Waals surface area contributed by atoms with Crippen molar-refractivity contribution in [2.24, 2.45) is 23.7 Å². The number of rotatable bonds is 6. The molecule has 6 N–H and O–H groups in total. The predicted molar refractivity (Wildman–Crippen MR) is 156 cm³/mol. The first-order chi connectivity index (χ1) is 19.4. The van der Waals surface area contributed by atoms with E-state index in [4.69, 9.17) is 20.9 Å². The third-order valence-corrected chi connectivity index (χ3v) is 9.57. The number of phenolic OH excluding ortho intramolecular Hbond substituents is 2. The normalized spacial score (nSPS) is 24.1. The molecule has 6 nitrogen and oxygen atoms in total. The molecule has 0 aromatic heterocycles. The Hall–Kier alpha value is -4.32. The Balaban J connectivity index is 1.50. The molecule has 4 aliphatic carbocycles. The molecular weight excluding hydrogens is 500 g/mol. The molecule has 8 rings (SSSR count). The Morgan fingerprint density at radius 3 is 1.35 bits per heavy atom. The lowest BCUT2D eigenvalue weighted by molar-refractivity contribution is -0.0432. The van der Waals surface area contributed by atoms with Gasteiger partial charge in [0, 0.05) is 16.5 Å². The average molecular weight is 535 g/mol. The highest BCUT2D eigenvalue weighted by Gasteiger charge is 2.61. The van der Waals surface area contributed by atoms with Gasteiger partial charge in [-0.25, -0.2) is 0 Å². The van der Waals surface area contributed by atoms with Gasteiger partial charge in [-0.05, 0) is 92.2 Å². The van der Waals surface area contributed by atoms with E-state index in [0.717, 1.165) is 36.8 Å². The van der Waals surface area contributed by atoms with E-state index in [9.17, 15) is 10.2 Å². The van der Waals surface area contributed by atoms with Crippen LogP contribution < -0.4 is 20.9 Å². The summed E-state index contributed by atoms with van der Waals surface area (Å²) in [5.41, 5.74) is 14.2. The van der Waals surface area contributed by atoms with Crippen LogP contribution in [0.3, 0.4) is 0 Å². The van der Waals surface area contributed by atoms with Gasteiger partial charge in [-0.2, -0.15) is 0 Å². The summed E-state index contributed by atoms with van der Waals surface area (Å²) in [6.45, 7) is 0. The van der Waals surface area contributed by atoms with Crippen molar-refractivity contribution in [3.8, 4) is 34.5 Å². The monoisotopic (exact) mass is 534 g/mol.